The van der Waals surface area contributed by atoms with Crippen molar-refractivity contribution in [2.45, 2.75) is 6.92 Å². The van der Waals surface area contributed by atoms with Crippen molar-refractivity contribution in [3.63, 3.8) is 0 Å². The maximum absolute atomic E-state index is 12.6. The third-order valence-corrected chi connectivity index (χ3v) is 4.80. The molecule has 0 aliphatic rings. The molecule has 0 fully saturated rings. The summed E-state index contributed by atoms with van der Waals surface area (Å²) in [6.07, 6.45) is 6.78. The van der Waals surface area contributed by atoms with Crippen molar-refractivity contribution in [1.82, 2.24) is 0 Å². The van der Waals surface area contributed by atoms with Gasteiger partial charge >= 0.3 is 5.63 Å². The Kier molecular flexibility index (Phi) is 7.29. The van der Waals surface area contributed by atoms with Crippen LogP contribution in [0.2, 0.25) is 0 Å². The molecule has 6 heteroatoms. The van der Waals surface area contributed by atoms with Gasteiger partial charge in [0.25, 0.3) is 0 Å². The molecule has 0 radical (unpaired) electrons. The van der Waals surface area contributed by atoms with Gasteiger partial charge in [-0.05, 0) is 60.5 Å². The van der Waals surface area contributed by atoms with E-state index in [1.165, 1.54) is 12.1 Å². The van der Waals surface area contributed by atoms with Crippen molar-refractivity contribution in [3.05, 3.63) is 93.0 Å². The number of ether oxygens (including phenoxy) is 3. The van der Waals surface area contributed by atoms with Crippen LogP contribution in [0.4, 0.5) is 0 Å². The number of carbonyl (C=O) groups excluding carboxylic acids is 1. The van der Waals surface area contributed by atoms with Crippen molar-refractivity contribution in [1.29, 1.82) is 0 Å². The number of ketones is 1. The molecule has 3 aromatic rings. The van der Waals surface area contributed by atoms with Crippen LogP contribution < -0.4 is 19.8 Å². The fourth-order valence-electron chi connectivity index (χ4n) is 3.06. The van der Waals surface area contributed by atoms with E-state index in [2.05, 4.69) is 0 Å². The molecular weight excluding hydrogens is 408 g/mol. The second kappa shape index (κ2) is 10.3. The number of aryl methyl sites for hydroxylation is 1. The number of benzene rings is 2. The minimum absolute atomic E-state index is 0.0327. The molecule has 0 unspecified atom stereocenters. The molecule has 1 heterocycles. The first-order valence-corrected chi connectivity index (χ1v) is 9.86. The van der Waals surface area contributed by atoms with E-state index in [9.17, 15) is 9.59 Å². The van der Waals surface area contributed by atoms with Crippen molar-refractivity contribution in [2.24, 2.45) is 0 Å². The van der Waals surface area contributed by atoms with E-state index < -0.39 is 11.4 Å². The Morgan fingerprint density at radius 3 is 2.19 bits per heavy atom. The van der Waals surface area contributed by atoms with Crippen molar-refractivity contribution >= 4 is 24.0 Å². The summed E-state index contributed by atoms with van der Waals surface area (Å²) >= 11 is 0. The van der Waals surface area contributed by atoms with E-state index in [1.807, 2.05) is 42.5 Å². The number of methoxy groups -OCH3 is 3. The average molecular weight is 432 g/mol. The molecule has 0 aliphatic heterocycles. The Labute approximate surface area is 186 Å². The van der Waals surface area contributed by atoms with E-state index in [-0.39, 0.29) is 5.56 Å². The normalized spacial score (nSPS) is 11.1. The van der Waals surface area contributed by atoms with Gasteiger partial charge in [-0.3, -0.25) is 4.79 Å². The summed E-state index contributed by atoms with van der Waals surface area (Å²) in [5.74, 6) is 1.89. The zero-order chi connectivity index (χ0) is 23.1. The number of hydrogen-bond donors (Lipinski definition) is 0. The van der Waals surface area contributed by atoms with E-state index in [0.717, 1.165) is 16.9 Å². The predicted octanol–water partition coefficient (Wildman–Crippen LogP) is 5.04. The highest BCUT2D eigenvalue weighted by Gasteiger charge is 2.12. The van der Waals surface area contributed by atoms with Gasteiger partial charge in [-0.1, -0.05) is 24.3 Å². The number of carbonyl (C=O) groups is 1. The molecule has 32 heavy (non-hydrogen) atoms. The number of hydrogen-bond acceptors (Lipinski definition) is 6. The Morgan fingerprint density at radius 1 is 0.844 bits per heavy atom. The van der Waals surface area contributed by atoms with Gasteiger partial charge < -0.3 is 18.6 Å². The maximum atomic E-state index is 12.6. The van der Waals surface area contributed by atoms with E-state index >= 15 is 0 Å². The summed E-state index contributed by atoms with van der Waals surface area (Å²) in [4.78, 5) is 24.6. The number of allylic oxidation sites excluding steroid dienone is 1. The quantitative estimate of drug-likeness (QED) is 0.282. The lowest BCUT2D eigenvalue weighted by Gasteiger charge is -2.11. The van der Waals surface area contributed by atoms with Crippen LogP contribution in [-0.2, 0) is 0 Å². The standard InChI is InChI=1S/C26H24O6/c1-17-5-12-23(26(28)32-17)24(27)14-13-22-19(15-21(30-3)16-25(22)31-4)9-6-18-7-10-20(29-2)11-8-18/h5-16H,1-4H3/b9-6?,14-13+. The summed E-state index contributed by atoms with van der Waals surface area (Å²) in [5.41, 5.74) is 1.71. The highest BCUT2D eigenvalue weighted by Crippen LogP contribution is 2.31. The minimum atomic E-state index is -0.666. The molecule has 0 N–H and O–H groups in total. The molecule has 0 bridgehead atoms. The van der Waals surface area contributed by atoms with Gasteiger partial charge in [0.2, 0.25) is 0 Å². The average Bonchev–Trinajstić information content (AvgIpc) is 2.81. The predicted molar refractivity (Wildman–Crippen MR) is 125 cm³/mol. The molecule has 0 atom stereocenters. The summed E-state index contributed by atoms with van der Waals surface area (Å²) in [5, 5.41) is 0. The molecule has 2 aromatic carbocycles. The van der Waals surface area contributed by atoms with Gasteiger partial charge in [0.15, 0.2) is 5.78 Å². The van der Waals surface area contributed by atoms with Crippen LogP contribution in [0.15, 0.2) is 63.8 Å². The molecule has 6 nitrogen and oxygen atoms in total. The number of rotatable bonds is 8. The van der Waals surface area contributed by atoms with Crippen molar-refractivity contribution in [2.75, 3.05) is 21.3 Å². The Hall–Kier alpha value is -4.06. The van der Waals surface area contributed by atoms with Crippen molar-refractivity contribution < 1.29 is 23.4 Å². The lowest BCUT2D eigenvalue weighted by molar-refractivity contribution is 0.104. The molecule has 164 valence electrons. The fourth-order valence-corrected chi connectivity index (χ4v) is 3.06. The van der Waals surface area contributed by atoms with Crippen LogP contribution in [0.3, 0.4) is 0 Å². The van der Waals surface area contributed by atoms with Crippen LogP contribution >= 0.6 is 0 Å². The van der Waals surface area contributed by atoms with E-state index in [1.54, 1.807) is 46.5 Å². The van der Waals surface area contributed by atoms with Gasteiger partial charge in [-0.2, -0.15) is 0 Å². The minimum Gasteiger partial charge on any atom is -0.497 e. The Balaban J connectivity index is 1.99. The molecule has 3 rings (SSSR count). The largest absolute Gasteiger partial charge is 0.497 e. The summed E-state index contributed by atoms with van der Waals surface area (Å²) in [7, 11) is 4.73. The smallest absolute Gasteiger partial charge is 0.347 e. The lowest BCUT2D eigenvalue weighted by atomic mass is 10.0. The molecule has 0 aliphatic carbocycles. The maximum Gasteiger partial charge on any atom is 0.347 e. The first-order valence-electron chi connectivity index (χ1n) is 9.86. The third-order valence-electron chi connectivity index (χ3n) is 4.80. The molecule has 0 spiro atoms. The molecule has 0 saturated heterocycles. The monoisotopic (exact) mass is 432 g/mol. The summed E-state index contributed by atoms with van der Waals surface area (Å²) < 4.78 is 21.1. The lowest BCUT2D eigenvalue weighted by Crippen LogP contribution is -2.12. The van der Waals surface area contributed by atoms with Crippen LogP contribution in [0, 0.1) is 6.92 Å². The molecule has 1 aromatic heterocycles. The first kappa shape index (κ1) is 22.6. The zero-order valence-corrected chi connectivity index (χ0v) is 18.4. The fraction of sp³-hybridized carbons (Fsp3) is 0.154. The topological polar surface area (TPSA) is 75.0 Å². The molecule has 0 amide bonds. The highest BCUT2D eigenvalue weighted by atomic mass is 16.5. The summed E-state index contributed by atoms with van der Waals surface area (Å²) in [6.45, 7) is 1.65. The van der Waals surface area contributed by atoms with Crippen LogP contribution in [-0.4, -0.2) is 27.1 Å². The van der Waals surface area contributed by atoms with Crippen LogP contribution in [0.5, 0.6) is 17.2 Å². The zero-order valence-electron chi connectivity index (χ0n) is 18.4. The van der Waals surface area contributed by atoms with Gasteiger partial charge in [0, 0.05) is 11.6 Å². The van der Waals surface area contributed by atoms with Gasteiger partial charge in [0.05, 0.1) is 21.3 Å². The van der Waals surface area contributed by atoms with E-state index in [4.69, 9.17) is 18.6 Å². The highest BCUT2D eigenvalue weighted by molar-refractivity contribution is 6.06. The van der Waals surface area contributed by atoms with Gasteiger partial charge in [-0.15, -0.1) is 0 Å². The summed E-state index contributed by atoms with van der Waals surface area (Å²) in [6, 6.07) is 14.2. The Morgan fingerprint density at radius 2 is 1.56 bits per heavy atom. The van der Waals surface area contributed by atoms with Crippen LogP contribution in [0.1, 0.15) is 32.8 Å². The van der Waals surface area contributed by atoms with E-state index in [0.29, 0.717) is 22.8 Å². The molecule has 0 saturated carbocycles. The second-order valence-electron chi connectivity index (χ2n) is 6.88. The first-order chi connectivity index (χ1) is 15.4. The Bertz CT molecular complexity index is 1220. The third kappa shape index (κ3) is 5.35. The molecular formula is C26H24O6. The second-order valence-corrected chi connectivity index (χ2v) is 6.88. The van der Waals surface area contributed by atoms with Crippen LogP contribution in [0.25, 0.3) is 18.2 Å². The van der Waals surface area contributed by atoms with Crippen molar-refractivity contribution in [3.8, 4) is 17.2 Å². The van der Waals surface area contributed by atoms with Gasteiger partial charge in [-0.25, -0.2) is 4.79 Å². The van der Waals surface area contributed by atoms with Gasteiger partial charge in [0.1, 0.15) is 28.6 Å². The SMILES string of the molecule is COc1ccc(C=Cc2cc(OC)cc(OC)c2/C=C/C(=O)c2ccc(C)oc2=O)cc1.